The summed E-state index contributed by atoms with van der Waals surface area (Å²) in [6.45, 7) is 0. The van der Waals surface area contributed by atoms with Crippen LogP contribution in [0.3, 0.4) is 0 Å². The topological polar surface area (TPSA) is 30.0 Å². The van der Waals surface area contributed by atoms with Gasteiger partial charge in [0.15, 0.2) is 0 Å². The molecule has 0 radical (unpaired) electrons. The van der Waals surface area contributed by atoms with Crippen LogP contribution in [0.5, 0.6) is 0 Å². The fourth-order valence-corrected chi connectivity index (χ4v) is 5.11. The zero-order valence-corrected chi connectivity index (χ0v) is 17.8. The van der Waals surface area contributed by atoms with Crippen molar-refractivity contribution < 1.29 is 9.18 Å². The summed E-state index contributed by atoms with van der Waals surface area (Å²) >= 11 is 1.61. The van der Waals surface area contributed by atoms with Gasteiger partial charge in [-0.1, -0.05) is 91.0 Å². The van der Waals surface area contributed by atoms with Crippen LogP contribution in [0.2, 0.25) is 0 Å². The van der Waals surface area contributed by atoms with Gasteiger partial charge in [0.05, 0.1) is 16.7 Å². The number of aromatic nitrogens is 1. The Morgan fingerprint density at radius 1 is 0.742 bits per heavy atom. The Bertz CT molecular complexity index is 1020. The quantitative estimate of drug-likeness (QED) is 0.320. The second-order valence-corrected chi connectivity index (χ2v) is 8.44. The molecule has 154 valence electrons. The molecule has 0 spiro atoms. The second-order valence-electron chi connectivity index (χ2n) is 7.25. The summed E-state index contributed by atoms with van der Waals surface area (Å²) in [4.78, 5) is 16.9. The van der Waals surface area contributed by atoms with Crippen molar-refractivity contribution in [3.63, 3.8) is 0 Å². The molecule has 4 aromatic rings. The van der Waals surface area contributed by atoms with E-state index in [-0.39, 0.29) is 12.2 Å². The lowest BCUT2D eigenvalue weighted by Crippen LogP contribution is -2.27. The maximum atomic E-state index is 13.1. The molecular formula is C27H22FNOS. The summed E-state index contributed by atoms with van der Waals surface area (Å²) < 4.78 is 12.6. The standard InChI is InChI=1S/C27H22FNOS/c28-24-16-17-25(29-19-24)18-26(30)20-31-27(21-10-4-1-5-11-21,22-12-6-2-7-13-22)23-14-8-3-9-15-23/h1-17,19H,18,20H2. The fraction of sp³-hybridized carbons (Fsp3) is 0.111. The molecule has 0 fully saturated rings. The van der Waals surface area contributed by atoms with Crippen LogP contribution in [0, 0.1) is 5.82 Å². The Hall–Kier alpha value is -3.24. The van der Waals surface area contributed by atoms with Crippen molar-refractivity contribution >= 4 is 17.5 Å². The number of benzene rings is 3. The molecule has 0 bridgehead atoms. The third kappa shape index (κ3) is 4.75. The highest BCUT2D eigenvalue weighted by Gasteiger charge is 2.37. The van der Waals surface area contributed by atoms with Gasteiger partial charge in [0.25, 0.3) is 0 Å². The summed E-state index contributed by atoms with van der Waals surface area (Å²) in [6.07, 6.45) is 1.33. The number of carbonyl (C=O) groups excluding carboxylic acids is 1. The average molecular weight is 428 g/mol. The van der Waals surface area contributed by atoms with Gasteiger partial charge in [0, 0.05) is 12.1 Å². The number of Topliss-reactive ketones (excluding diaryl/α,β-unsaturated/α-hetero) is 1. The molecule has 0 saturated carbocycles. The zero-order chi connectivity index (χ0) is 21.5. The maximum Gasteiger partial charge on any atom is 0.148 e. The van der Waals surface area contributed by atoms with Crippen LogP contribution in [0.1, 0.15) is 22.4 Å². The Morgan fingerprint density at radius 2 is 1.23 bits per heavy atom. The molecule has 1 heterocycles. The van der Waals surface area contributed by atoms with E-state index in [0.717, 1.165) is 22.9 Å². The van der Waals surface area contributed by atoms with Crippen LogP contribution in [-0.4, -0.2) is 16.5 Å². The van der Waals surface area contributed by atoms with Gasteiger partial charge in [-0.05, 0) is 28.8 Å². The van der Waals surface area contributed by atoms with Crippen molar-refractivity contribution in [3.8, 4) is 0 Å². The number of halogens is 1. The Kier molecular flexibility index (Phi) is 6.58. The molecule has 1 aromatic heterocycles. The van der Waals surface area contributed by atoms with Crippen LogP contribution < -0.4 is 0 Å². The second kappa shape index (κ2) is 9.71. The molecule has 4 heteroatoms. The van der Waals surface area contributed by atoms with E-state index in [1.807, 2.05) is 54.6 Å². The lowest BCUT2D eigenvalue weighted by atomic mass is 9.84. The van der Waals surface area contributed by atoms with Gasteiger partial charge in [-0.15, -0.1) is 11.8 Å². The largest absolute Gasteiger partial charge is 0.298 e. The molecule has 0 unspecified atom stereocenters. The first-order valence-corrected chi connectivity index (χ1v) is 11.1. The number of carbonyl (C=O) groups is 1. The molecule has 0 aliphatic rings. The number of pyridine rings is 1. The molecule has 0 saturated heterocycles. The SMILES string of the molecule is O=C(CSC(c1ccccc1)(c1ccccc1)c1ccccc1)Cc1ccc(F)cn1. The molecular weight excluding hydrogens is 405 g/mol. The van der Waals surface area contributed by atoms with E-state index < -0.39 is 10.6 Å². The number of rotatable bonds is 8. The van der Waals surface area contributed by atoms with Crippen molar-refractivity contribution in [2.45, 2.75) is 11.2 Å². The van der Waals surface area contributed by atoms with Gasteiger partial charge in [-0.3, -0.25) is 9.78 Å². The first-order valence-electron chi connectivity index (χ1n) is 10.1. The van der Waals surface area contributed by atoms with Gasteiger partial charge >= 0.3 is 0 Å². The molecule has 31 heavy (non-hydrogen) atoms. The predicted molar refractivity (Wildman–Crippen MR) is 125 cm³/mol. The normalized spacial score (nSPS) is 11.3. The van der Waals surface area contributed by atoms with Gasteiger partial charge in [0.1, 0.15) is 11.6 Å². The molecule has 3 aromatic carbocycles. The van der Waals surface area contributed by atoms with E-state index >= 15 is 0 Å². The lowest BCUT2D eigenvalue weighted by Gasteiger charge is -2.35. The van der Waals surface area contributed by atoms with Crippen LogP contribution in [0.25, 0.3) is 0 Å². The minimum Gasteiger partial charge on any atom is -0.298 e. The van der Waals surface area contributed by atoms with Crippen LogP contribution >= 0.6 is 11.8 Å². The maximum absolute atomic E-state index is 13.1. The van der Waals surface area contributed by atoms with Crippen LogP contribution in [0.4, 0.5) is 4.39 Å². The minimum atomic E-state index is -0.532. The Labute approximate surface area is 186 Å². The highest BCUT2D eigenvalue weighted by Crippen LogP contribution is 2.48. The molecule has 4 rings (SSSR count). The van der Waals surface area contributed by atoms with E-state index in [0.29, 0.717) is 11.4 Å². The minimum absolute atomic E-state index is 0.0521. The van der Waals surface area contributed by atoms with Crippen molar-refractivity contribution in [1.29, 1.82) is 0 Å². The highest BCUT2D eigenvalue weighted by atomic mass is 32.2. The van der Waals surface area contributed by atoms with E-state index in [4.69, 9.17) is 0 Å². The van der Waals surface area contributed by atoms with E-state index in [1.165, 1.54) is 6.07 Å². The third-order valence-electron chi connectivity index (χ3n) is 5.16. The molecule has 0 aliphatic carbocycles. The van der Waals surface area contributed by atoms with Crippen molar-refractivity contribution in [2.24, 2.45) is 0 Å². The zero-order valence-electron chi connectivity index (χ0n) is 16.9. The van der Waals surface area contributed by atoms with Gasteiger partial charge in [0.2, 0.25) is 0 Å². The molecule has 0 amide bonds. The average Bonchev–Trinajstić information content (AvgIpc) is 2.83. The molecule has 0 atom stereocenters. The summed E-state index contributed by atoms with van der Waals surface area (Å²) in [6, 6.07) is 33.7. The molecule has 0 aliphatic heterocycles. The monoisotopic (exact) mass is 427 g/mol. The fourth-order valence-electron chi connectivity index (χ4n) is 3.72. The van der Waals surface area contributed by atoms with Gasteiger partial charge < -0.3 is 0 Å². The predicted octanol–water partition coefficient (Wildman–Crippen LogP) is 6.06. The Balaban J connectivity index is 1.71. The van der Waals surface area contributed by atoms with Gasteiger partial charge in [-0.2, -0.15) is 0 Å². The van der Waals surface area contributed by atoms with Crippen molar-refractivity contribution in [2.75, 3.05) is 5.75 Å². The summed E-state index contributed by atoms with van der Waals surface area (Å²) in [5.74, 6) is -0.0457. The first-order chi connectivity index (χ1) is 15.2. The molecule has 0 N–H and O–H groups in total. The summed E-state index contributed by atoms with van der Waals surface area (Å²) in [5.41, 5.74) is 3.93. The van der Waals surface area contributed by atoms with Crippen LogP contribution in [-0.2, 0) is 16.0 Å². The summed E-state index contributed by atoms with van der Waals surface area (Å²) in [5, 5.41) is 0. The number of hydrogen-bond acceptors (Lipinski definition) is 3. The third-order valence-corrected chi connectivity index (χ3v) is 6.76. The van der Waals surface area contributed by atoms with E-state index in [2.05, 4.69) is 41.4 Å². The Morgan fingerprint density at radius 3 is 1.65 bits per heavy atom. The number of ketones is 1. The highest BCUT2D eigenvalue weighted by molar-refractivity contribution is 8.01. The molecule has 2 nitrogen and oxygen atoms in total. The first kappa shape index (κ1) is 21.0. The smallest absolute Gasteiger partial charge is 0.148 e. The summed E-state index contributed by atoms with van der Waals surface area (Å²) in [7, 11) is 0. The van der Waals surface area contributed by atoms with E-state index in [9.17, 15) is 9.18 Å². The van der Waals surface area contributed by atoms with Crippen LogP contribution in [0.15, 0.2) is 109 Å². The van der Waals surface area contributed by atoms with Gasteiger partial charge in [-0.25, -0.2) is 4.39 Å². The van der Waals surface area contributed by atoms with Crippen molar-refractivity contribution in [3.05, 3.63) is 138 Å². The lowest BCUT2D eigenvalue weighted by molar-refractivity contribution is -0.116. The number of thioether (sulfide) groups is 1. The van der Waals surface area contributed by atoms with E-state index in [1.54, 1.807) is 17.8 Å². The number of nitrogens with zero attached hydrogens (tertiary/aromatic N) is 1. The van der Waals surface area contributed by atoms with Crippen molar-refractivity contribution in [1.82, 2.24) is 4.98 Å². The number of hydrogen-bond donors (Lipinski definition) is 0.